The smallest absolute Gasteiger partial charge is 0.279 e. The minimum absolute atomic E-state index is 0.0398. The summed E-state index contributed by atoms with van der Waals surface area (Å²) in [5.74, 6) is -1.42. The normalized spacial score (nSPS) is 10.1. The highest BCUT2D eigenvalue weighted by Crippen LogP contribution is 2.22. The first-order chi connectivity index (χ1) is 9.47. The lowest BCUT2D eigenvalue weighted by Gasteiger charge is -2.07. The number of hydrogen-bond acceptors (Lipinski definition) is 4. The van der Waals surface area contributed by atoms with Crippen LogP contribution >= 0.6 is 34.5 Å². The summed E-state index contributed by atoms with van der Waals surface area (Å²) in [4.78, 5) is 23.8. The van der Waals surface area contributed by atoms with Crippen LogP contribution in [0, 0.1) is 0 Å². The third-order valence-corrected chi connectivity index (χ3v) is 3.75. The highest BCUT2D eigenvalue weighted by Gasteiger charge is 2.14. The summed E-state index contributed by atoms with van der Waals surface area (Å²) in [7, 11) is 0. The van der Waals surface area contributed by atoms with Crippen LogP contribution in [0.15, 0.2) is 30.3 Å². The second-order valence-corrected chi connectivity index (χ2v) is 5.82. The van der Waals surface area contributed by atoms with Gasteiger partial charge < -0.3 is 5.11 Å². The van der Waals surface area contributed by atoms with Crippen molar-refractivity contribution in [3.8, 4) is 5.75 Å². The molecular weight excluding hydrogens is 323 g/mol. The molecule has 5 nitrogen and oxygen atoms in total. The van der Waals surface area contributed by atoms with Gasteiger partial charge >= 0.3 is 0 Å². The second-order valence-electron chi connectivity index (χ2n) is 3.67. The predicted molar refractivity (Wildman–Crippen MR) is 77.4 cm³/mol. The van der Waals surface area contributed by atoms with Gasteiger partial charge in [0.25, 0.3) is 11.8 Å². The summed E-state index contributed by atoms with van der Waals surface area (Å²) in [6, 6.07) is 7.13. The first-order valence-corrected chi connectivity index (χ1v) is 6.89. The number of phenols is 1. The highest BCUT2D eigenvalue weighted by molar-refractivity contribution is 7.17. The molecule has 1 heterocycles. The number of benzene rings is 1. The van der Waals surface area contributed by atoms with Gasteiger partial charge in [-0.25, -0.2) is 0 Å². The fraction of sp³-hybridized carbons (Fsp3) is 0. The number of aromatic hydroxyl groups is 1. The van der Waals surface area contributed by atoms with Crippen molar-refractivity contribution in [2.45, 2.75) is 0 Å². The van der Waals surface area contributed by atoms with Crippen LogP contribution in [0.4, 0.5) is 0 Å². The fourth-order valence-electron chi connectivity index (χ4n) is 1.37. The third-order valence-electron chi connectivity index (χ3n) is 2.29. The molecule has 8 heteroatoms. The van der Waals surface area contributed by atoms with E-state index in [9.17, 15) is 14.7 Å². The standard InChI is InChI=1S/C12H8Cl2N2O3S/c13-6-1-2-8(17)7(5-6)11(18)15-16-12(19)9-3-4-10(14)20-9/h1-5,17H,(H,15,18)(H,16,19). The van der Waals surface area contributed by atoms with Gasteiger partial charge in [-0.3, -0.25) is 20.4 Å². The quantitative estimate of drug-likeness (QED) is 0.741. The number of nitrogens with one attached hydrogen (secondary N) is 2. The molecular formula is C12H8Cl2N2O3S. The Morgan fingerprint density at radius 3 is 2.40 bits per heavy atom. The molecule has 0 bridgehead atoms. The Hall–Kier alpha value is -1.76. The van der Waals surface area contributed by atoms with Crippen LogP contribution in [0.25, 0.3) is 0 Å². The van der Waals surface area contributed by atoms with Gasteiger partial charge in [0.1, 0.15) is 5.75 Å². The van der Waals surface area contributed by atoms with Gasteiger partial charge in [-0.2, -0.15) is 0 Å². The molecule has 0 aliphatic rings. The number of rotatable bonds is 2. The van der Waals surface area contributed by atoms with E-state index < -0.39 is 11.8 Å². The molecule has 0 saturated heterocycles. The molecule has 1 aromatic carbocycles. The summed E-state index contributed by atoms with van der Waals surface area (Å²) in [5.41, 5.74) is 4.36. The molecule has 0 aliphatic heterocycles. The van der Waals surface area contributed by atoms with Gasteiger partial charge in [0, 0.05) is 5.02 Å². The van der Waals surface area contributed by atoms with E-state index >= 15 is 0 Å². The summed E-state index contributed by atoms with van der Waals surface area (Å²) in [6.07, 6.45) is 0. The minimum Gasteiger partial charge on any atom is -0.507 e. The molecule has 0 saturated carbocycles. The number of carbonyl (C=O) groups is 2. The Labute approximate surface area is 128 Å². The zero-order valence-corrected chi connectivity index (χ0v) is 12.1. The molecule has 0 unspecified atom stereocenters. The van der Waals surface area contributed by atoms with E-state index in [-0.39, 0.29) is 11.3 Å². The van der Waals surface area contributed by atoms with Crippen LogP contribution in [0.1, 0.15) is 20.0 Å². The van der Waals surface area contributed by atoms with Gasteiger partial charge in [-0.15, -0.1) is 11.3 Å². The predicted octanol–water partition coefficient (Wildman–Crippen LogP) is 2.84. The van der Waals surface area contributed by atoms with Crippen molar-refractivity contribution < 1.29 is 14.7 Å². The van der Waals surface area contributed by atoms with Crippen LogP contribution in [-0.2, 0) is 0 Å². The number of amides is 2. The zero-order valence-electron chi connectivity index (χ0n) is 9.81. The van der Waals surface area contributed by atoms with Gasteiger partial charge in [0.2, 0.25) is 0 Å². The van der Waals surface area contributed by atoms with Crippen LogP contribution in [0.3, 0.4) is 0 Å². The average molecular weight is 331 g/mol. The van der Waals surface area contributed by atoms with Crippen molar-refractivity contribution in [3.63, 3.8) is 0 Å². The van der Waals surface area contributed by atoms with Gasteiger partial charge in [-0.1, -0.05) is 23.2 Å². The van der Waals surface area contributed by atoms with E-state index in [1.54, 1.807) is 6.07 Å². The Morgan fingerprint density at radius 1 is 1.05 bits per heavy atom. The van der Waals surface area contributed by atoms with Crippen molar-refractivity contribution >= 4 is 46.4 Å². The van der Waals surface area contributed by atoms with Gasteiger partial charge in [0.15, 0.2) is 0 Å². The summed E-state index contributed by atoms with van der Waals surface area (Å²) < 4.78 is 0.467. The van der Waals surface area contributed by atoms with Crippen LogP contribution in [-0.4, -0.2) is 16.9 Å². The number of hydrazine groups is 1. The van der Waals surface area contributed by atoms with Crippen LogP contribution in [0.2, 0.25) is 9.36 Å². The first-order valence-electron chi connectivity index (χ1n) is 5.32. The molecule has 0 radical (unpaired) electrons. The van der Waals surface area contributed by atoms with E-state index in [0.29, 0.717) is 14.2 Å². The largest absolute Gasteiger partial charge is 0.507 e. The van der Waals surface area contributed by atoms with E-state index in [4.69, 9.17) is 23.2 Å². The van der Waals surface area contributed by atoms with Crippen molar-refractivity contribution in [1.29, 1.82) is 0 Å². The number of hydrogen-bond donors (Lipinski definition) is 3. The lowest BCUT2D eigenvalue weighted by atomic mass is 10.2. The van der Waals surface area contributed by atoms with E-state index in [2.05, 4.69) is 10.9 Å². The zero-order chi connectivity index (χ0) is 14.7. The molecule has 0 spiro atoms. The van der Waals surface area contributed by atoms with Gasteiger partial charge in [0.05, 0.1) is 14.8 Å². The number of halogens is 2. The molecule has 0 atom stereocenters. The molecule has 20 heavy (non-hydrogen) atoms. The number of phenolic OH excluding ortho intramolecular Hbond substituents is 1. The monoisotopic (exact) mass is 330 g/mol. The maximum atomic E-state index is 11.8. The molecule has 0 aliphatic carbocycles. The second kappa shape index (κ2) is 6.13. The molecule has 2 aromatic rings. The Balaban J connectivity index is 2.02. The Morgan fingerprint density at radius 2 is 1.75 bits per heavy atom. The van der Waals surface area contributed by atoms with Crippen LogP contribution < -0.4 is 10.9 Å². The fourth-order valence-corrected chi connectivity index (χ4v) is 2.48. The molecule has 2 rings (SSSR count). The SMILES string of the molecule is O=C(NNC(=O)c1cc(Cl)ccc1O)c1ccc(Cl)s1. The van der Waals surface area contributed by atoms with Crippen molar-refractivity contribution in [2.75, 3.05) is 0 Å². The van der Waals surface area contributed by atoms with E-state index in [1.165, 1.54) is 24.3 Å². The molecule has 104 valence electrons. The molecule has 1 aromatic heterocycles. The van der Waals surface area contributed by atoms with Crippen LogP contribution in [0.5, 0.6) is 5.75 Å². The molecule has 0 fully saturated rings. The lowest BCUT2D eigenvalue weighted by Crippen LogP contribution is -2.41. The first kappa shape index (κ1) is 14.6. The number of carbonyl (C=O) groups excluding carboxylic acids is 2. The summed E-state index contributed by atoms with van der Waals surface area (Å²) in [5, 5.41) is 9.84. The Kier molecular flexibility index (Phi) is 4.49. The van der Waals surface area contributed by atoms with Gasteiger partial charge in [-0.05, 0) is 30.3 Å². The van der Waals surface area contributed by atoms with Crippen molar-refractivity contribution in [2.24, 2.45) is 0 Å². The van der Waals surface area contributed by atoms with Crippen molar-refractivity contribution in [3.05, 3.63) is 50.1 Å². The molecule has 2 amide bonds. The van der Waals surface area contributed by atoms with E-state index in [1.807, 2.05) is 0 Å². The minimum atomic E-state index is -0.680. The Bertz CT molecular complexity index is 672. The van der Waals surface area contributed by atoms with E-state index in [0.717, 1.165) is 11.3 Å². The number of thiophene rings is 1. The maximum absolute atomic E-state index is 11.8. The summed E-state index contributed by atoms with van der Waals surface area (Å²) in [6.45, 7) is 0. The maximum Gasteiger partial charge on any atom is 0.279 e. The third kappa shape index (κ3) is 3.41. The topological polar surface area (TPSA) is 78.4 Å². The lowest BCUT2D eigenvalue weighted by molar-refractivity contribution is 0.0847. The molecule has 3 N–H and O–H groups in total. The highest BCUT2D eigenvalue weighted by atomic mass is 35.5. The van der Waals surface area contributed by atoms with Crippen molar-refractivity contribution in [1.82, 2.24) is 10.9 Å². The summed E-state index contributed by atoms with van der Waals surface area (Å²) >= 11 is 12.5. The average Bonchev–Trinajstić information content (AvgIpc) is 2.85.